The van der Waals surface area contributed by atoms with Gasteiger partial charge < -0.3 is 10.6 Å². The number of para-hydroxylation sites is 1. The molecule has 0 spiro atoms. The van der Waals surface area contributed by atoms with Crippen LogP contribution in [0.25, 0.3) is 0 Å². The lowest BCUT2D eigenvalue weighted by Gasteiger charge is -2.07. The Morgan fingerprint density at radius 3 is 2.54 bits per heavy atom. The summed E-state index contributed by atoms with van der Waals surface area (Å²) < 4.78 is 13.5. The second-order valence-electron chi connectivity index (χ2n) is 4.93. The van der Waals surface area contributed by atoms with Gasteiger partial charge in [0, 0.05) is 18.9 Å². The Morgan fingerprint density at radius 1 is 1.04 bits per heavy atom. The first-order valence-corrected chi connectivity index (χ1v) is 7.23. The van der Waals surface area contributed by atoms with Gasteiger partial charge in [-0.15, -0.1) is 0 Å². The van der Waals surface area contributed by atoms with Crippen molar-refractivity contribution in [1.82, 2.24) is 15.0 Å². The Labute approximate surface area is 137 Å². The molecular formula is C17H14FN5O. The number of aromatic nitrogens is 3. The molecule has 2 N–H and O–H groups in total. The highest BCUT2D eigenvalue weighted by molar-refractivity contribution is 6.02. The number of carbonyl (C=O) groups is 1. The molecule has 7 heteroatoms. The van der Waals surface area contributed by atoms with E-state index >= 15 is 0 Å². The van der Waals surface area contributed by atoms with Crippen LogP contribution in [-0.4, -0.2) is 20.9 Å². The molecule has 3 rings (SSSR count). The van der Waals surface area contributed by atoms with Crippen LogP contribution >= 0.6 is 0 Å². The fourth-order valence-electron chi connectivity index (χ4n) is 1.98. The minimum atomic E-state index is -0.520. The van der Waals surface area contributed by atoms with E-state index in [2.05, 4.69) is 25.6 Å². The van der Waals surface area contributed by atoms with Crippen molar-refractivity contribution in [2.75, 3.05) is 10.6 Å². The smallest absolute Gasteiger partial charge is 0.275 e. The zero-order chi connectivity index (χ0) is 16.8. The van der Waals surface area contributed by atoms with Crippen LogP contribution in [0, 0.1) is 5.82 Å². The van der Waals surface area contributed by atoms with Crippen LogP contribution in [0.2, 0.25) is 0 Å². The van der Waals surface area contributed by atoms with Crippen LogP contribution in [0.3, 0.4) is 0 Å². The second kappa shape index (κ2) is 7.28. The van der Waals surface area contributed by atoms with Crippen molar-refractivity contribution in [2.45, 2.75) is 6.54 Å². The van der Waals surface area contributed by atoms with Crippen LogP contribution in [0.15, 0.2) is 61.2 Å². The molecule has 0 atom stereocenters. The number of nitrogens with zero attached hydrogens (tertiary/aromatic N) is 3. The lowest BCUT2D eigenvalue weighted by atomic mass is 10.3. The number of benzene rings is 1. The summed E-state index contributed by atoms with van der Waals surface area (Å²) in [4.78, 5) is 24.2. The minimum absolute atomic E-state index is 0.101. The maximum absolute atomic E-state index is 13.5. The maximum Gasteiger partial charge on any atom is 0.275 e. The molecule has 3 aromatic rings. The molecule has 0 fully saturated rings. The predicted molar refractivity (Wildman–Crippen MR) is 87.9 cm³/mol. The quantitative estimate of drug-likeness (QED) is 0.755. The zero-order valence-electron chi connectivity index (χ0n) is 12.6. The number of hydrogen-bond donors (Lipinski definition) is 2. The molecule has 0 aliphatic heterocycles. The van der Waals surface area contributed by atoms with E-state index in [1.807, 2.05) is 12.1 Å². The molecule has 6 nitrogen and oxygen atoms in total. The predicted octanol–water partition coefficient (Wildman–Crippen LogP) is 2.88. The van der Waals surface area contributed by atoms with Crippen LogP contribution in [-0.2, 0) is 6.54 Å². The van der Waals surface area contributed by atoms with E-state index in [1.165, 1.54) is 24.5 Å². The molecule has 0 aliphatic rings. The van der Waals surface area contributed by atoms with Crippen molar-refractivity contribution in [2.24, 2.45) is 0 Å². The third-order valence-electron chi connectivity index (χ3n) is 3.23. The summed E-state index contributed by atoms with van der Waals surface area (Å²) in [5, 5.41) is 5.55. The maximum atomic E-state index is 13.5. The van der Waals surface area contributed by atoms with Crippen molar-refractivity contribution in [3.8, 4) is 0 Å². The Bertz CT molecular complexity index is 824. The first-order chi connectivity index (χ1) is 11.7. The number of nitrogens with one attached hydrogen (secondary N) is 2. The number of rotatable bonds is 5. The zero-order valence-corrected chi connectivity index (χ0v) is 12.6. The van der Waals surface area contributed by atoms with E-state index in [0.29, 0.717) is 12.4 Å². The monoisotopic (exact) mass is 323 g/mol. The highest BCUT2D eigenvalue weighted by atomic mass is 19.1. The first-order valence-electron chi connectivity index (χ1n) is 7.23. The van der Waals surface area contributed by atoms with E-state index in [9.17, 15) is 9.18 Å². The number of hydrogen-bond acceptors (Lipinski definition) is 5. The number of anilines is 2. The highest BCUT2D eigenvalue weighted by Gasteiger charge is 2.10. The molecule has 2 aromatic heterocycles. The fourth-order valence-corrected chi connectivity index (χ4v) is 1.98. The van der Waals surface area contributed by atoms with Gasteiger partial charge in [0.05, 0.1) is 18.1 Å². The van der Waals surface area contributed by atoms with Gasteiger partial charge in [-0.1, -0.05) is 12.1 Å². The molecule has 24 heavy (non-hydrogen) atoms. The van der Waals surface area contributed by atoms with Crippen molar-refractivity contribution in [1.29, 1.82) is 0 Å². The van der Waals surface area contributed by atoms with Crippen LogP contribution < -0.4 is 10.6 Å². The SMILES string of the molecule is O=C(Nc1ccccc1F)c1cnc(NCc2ccncc2)cn1. The first kappa shape index (κ1) is 15.5. The largest absolute Gasteiger partial charge is 0.365 e. The van der Waals surface area contributed by atoms with Gasteiger partial charge in [0.2, 0.25) is 0 Å². The molecule has 120 valence electrons. The van der Waals surface area contributed by atoms with Gasteiger partial charge in [-0.05, 0) is 29.8 Å². The summed E-state index contributed by atoms with van der Waals surface area (Å²) in [5.41, 5.74) is 1.25. The van der Waals surface area contributed by atoms with E-state index < -0.39 is 11.7 Å². The minimum Gasteiger partial charge on any atom is -0.365 e. The topological polar surface area (TPSA) is 79.8 Å². The van der Waals surface area contributed by atoms with Crippen LogP contribution in [0.5, 0.6) is 0 Å². The molecule has 0 unspecified atom stereocenters. The summed E-state index contributed by atoms with van der Waals surface area (Å²) in [6, 6.07) is 9.70. The Morgan fingerprint density at radius 2 is 1.83 bits per heavy atom. The van der Waals surface area contributed by atoms with E-state index in [0.717, 1.165) is 5.56 Å². The molecule has 0 saturated heterocycles. The molecule has 0 radical (unpaired) electrons. The van der Waals surface area contributed by atoms with Gasteiger partial charge in [0.15, 0.2) is 0 Å². The number of pyridine rings is 1. The van der Waals surface area contributed by atoms with Crippen molar-refractivity contribution >= 4 is 17.4 Å². The van der Waals surface area contributed by atoms with Crippen molar-refractivity contribution in [3.05, 3.63) is 78.3 Å². The standard InChI is InChI=1S/C17H14FN5O/c18-13-3-1-2-4-14(13)23-17(24)15-10-22-16(11-20-15)21-9-12-5-7-19-8-6-12/h1-8,10-11H,9H2,(H,21,22)(H,23,24). The lowest BCUT2D eigenvalue weighted by molar-refractivity contribution is 0.102. The van der Waals surface area contributed by atoms with Crippen molar-refractivity contribution in [3.63, 3.8) is 0 Å². The van der Waals surface area contributed by atoms with E-state index in [1.54, 1.807) is 24.5 Å². The summed E-state index contributed by atoms with van der Waals surface area (Å²) in [6.07, 6.45) is 6.21. The normalized spacial score (nSPS) is 10.2. The molecule has 1 amide bonds. The highest BCUT2D eigenvalue weighted by Crippen LogP contribution is 2.13. The Hall–Kier alpha value is -3.35. The number of amides is 1. The average molecular weight is 323 g/mol. The van der Waals surface area contributed by atoms with E-state index in [4.69, 9.17) is 0 Å². The van der Waals surface area contributed by atoms with Gasteiger partial charge in [-0.25, -0.2) is 14.4 Å². The summed E-state index contributed by atoms with van der Waals surface area (Å²) in [7, 11) is 0. The summed E-state index contributed by atoms with van der Waals surface area (Å²) in [5.74, 6) is -0.489. The molecule has 1 aromatic carbocycles. The van der Waals surface area contributed by atoms with E-state index in [-0.39, 0.29) is 11.4 Å². The second-order valence-corrected chi connectivity index (χ2v) is 4.93. The van der Waals surface area contributed by atoms with Gasteiger partial charge in [-0.2, -0.15) is 0 Å². The lowest BCUT2D eigenvalue weighted by Crippen LogP contribution is -2.15. The average Bonchev–Trinajstić information content (AvgIpc) is 2.63. The van der Waals surface area contributed by atoms with Gasteiger partial charge >= 0.3 is 0 Å². The number of carbonyl (C=O) groups excluding carboxylic acids is 1. The van der Waals surface area contributed by atoms with Gasteiger partial charge in [0.25, 0.3) is 5.91 Å². The molecule has 2 heterocycles. The molecule has 0 aliphatic carbocycles. The third kappa shape index (κ3) is 3.89. The van der Waals surface area contributed by atoms with Crippen LogP contribution in [0.1, 0.15) is 16.1 Å². The summed E-state index contributed by atoms with van der Waals surface area (Å²) >= 11 is 0. The molecule has 0 bridgehead atoms. The summed E-state index contributed by atoms with van der Waals surface area (Å²) in [6.45, 7) is 0.567. The van der Waals surface area contributed by atoms with Crippen molar-refractivity contribution < 1.29 is 9.18 Å². The Kier molecular flexibility index (Phi) is 4.71. The molecular weight excluding hydrogens is 309 g/mol. The van der Waals surface area contributed by atoms with Gasteiger partial charge in [0.1, 0.15) is 17.3 Å². The number of halogens is 1. The van der Waals surface area contributed by atoms with Crippen LogP contribution in [0.4, 0.5) is 15.9 Å². The molecule has 0 saturated carbocycles. The fraction of sp³-hybridized carbons (Fsp3) is 0.0588. The Balaban J connectivity index is 1.61. The third-order valence-corrected chi connectivity index (χ3v) is 3.23. The van der Waals surface area contributed by atoms with Gasteiger partial charge in [-0.3, -0.25) is 9.78 Å².